The number of carboxylic acid groups (broad SMARTS) is 1. The third kappa shape index (κ3) is 7.98. The lowest BCUT2D eigenvalue weighted by atomic mass is 10.0. The summed E-state index contributed by atoms with van der Waals surface area (Å²) in [6.45, 7) is 0. The number of sulfonamides is 2. The molecule has 11 nitrogen and oxygen atoms in total. The highest BCUT2D eigenvalue weighted by Crippen LogP contribution is 2.31. The van der Waals surface area contributed by atoms with Gasteiger partial charge in [-0.05, 0) is 47.9 Å². The Morgan fingerprint density at radius 3 is 2.30 bits per heavy atom. The van der Waals surface area contributed by atoms with Crippen LogP contribution in [0.2, 0.25) is 0 Å². The van der Waals surface area contributed by atoms with Gasteiger partial charge >= 0.3 is 12.1 Å². The van der Waals surface area contributed by atoms with Gasteiger partial charge in [-0.2, -0.15) is 13.2 Å². The van der Waals surface area contributed by atoms with Crippen molar-refractivity contribution in [3.05, 3.63) is 94.2 Å². The Morgan fingerprint density at radius 2 is 1.74 bits per heavy atom. The molecule has 1 saturated heterocycles. The Kier molecular flexibility index (Phi) is 9.29. The first kappa shape index (κ1) is 32.1. The zero-order valence-electron chi connectivity index (χ0n) is 21.7. The van der Waals surface area contributed by atoms with Crippen LogP contribution >= 0.6 is 15.9 Å². The lowest BCUT2D eigenvalue weighted by Gasteiger charge is -2.18. The van der Waals surface area contributed by atoms with Crippen molar-refractivity contribution >= 4 is 58.9 Å². The first-order chi connectivity index (χ1) is 20.0. The van der Waals surface area contributed by atoms with Crippen LogP contribution in [0.15, 0.2) is 82.2 Å². The highest BCUT2D eigenvalue weighted by Gasteiger charge is 2.38. The maximum absolute atomic E-state index is 13.2. The average Bonchev–Trinajstić information content (AvgIpc) is 3.47. The van der Waals surface area contributed by atoms with Crippen molar-refractivity contribution in [1.82, 2.24) is 19.4 Å². The summed E-state index contributed by atoms with van der Waals surface area (Å²) in [6, 6.07) is 19.8. The van der Waals surface area contributed by atoms with E-state index in [9.17, 15) is 34.8 Å². The molecule has 0 saturated carbocycles. The van der Waals surface area contributed by atoms with Crippen molar-refractivity contribution in [1.29, 1.82) is 0 Å². The summed E-state index contributed by atoms with van der Waals surface area (Å²) >= 11 is 3.31. The van der Waals surface area contributed by atoms with Gasteiger partial charge in [0.2, 0.25) is 26.0 Å². The van der Waals surface area contributed by atoms with Gasteiger partial charge < -0.3 is 10.1 Å². The molecule has 1 fully saturated rings. The number of amides is 1. The van der Waals surface area contributed by atoms with Gasteiger partial charge in [0.25, 0.3) is 0 Å². The van der Waals surface area contributed by atoms with E-state index in [1.807, 2.05) is 29.0 Å². The molecule has 43 heavy (non-hydrogen) atoms. The Hall–Kier alpha value is -3.80. The number of aromatic nitrogens is 2. The van der Waals surface area contributed by atoms with Gasteiger partial charge in [-0.25, -0.2) is 31.3 Å². The van der Waals surface area contributed by atoms with Crippen LogP contribution in [0.1, 0.15) is 34.7 Å². The number of nitrogens with zero attached hydrogens (tertiary/aromatic N) is 1. The molecule has 228 valence electrons. The highest BCUT2D eigenvalue weighted by molar-refractivity contribution is 9.10. The summed E-state index contributed by atoms with van der Waals surface area (Å²) in [6.07, 6.45) is -4.96. The number of rotatable bonds is 7. The second-order valence-electron chi connectivity index (χ2n) is 9.28. The number of imidazole rings is 1. The van der Waals surface area contributed by atoms with E-state index in [4.69, 9.17) is 9.90 Å². The molecule has 2 atom stereocenters. The standard InChI is InChI=1S/C24H21BrN4O5S2.C2HF3O2/c25-17-4-3-5-18(13-17)35(31,32)28-21(24-26-19-6-1-2-7-20(19)27-24)12-15-8-10-16(11-9-15)22-14-23(30)29-36(22,33)34;3-2(4,5)1(6)7/h1-11,13,21-22,28H,12,14H2,(H,26,27)(H,29,30);(H,6,7)/t21-,22?;/m0./s1. The molecule has 1 aliphatic heterocycles. The second kappa shape index (κ2) is 12.4. The minimum Gasteiger partial charge on any atom is -0.475 e. The number of para-hydroxylation sites is 2. The van der Waals surface area contributed by atoms with Crippen LogP contribution in [0, 0.1) is 0 Å². The van der Waals surface area contributed by atoms with Crippen LogP contribution in [0.25, 0.3) is 11.0 Å². The number of H-pyrrole nitrogens is 1. The molecule has 0 bridgehead atoms. The van der Waals surface area contributed by atoms with Gasteiger partial charge in [-0.3, -0.25) is 9.52 Å². The lowest BCUT2D eigenvalue weighted by Crippen LogP contribution is -2.31. The van der Waals surface area contributed by atoms with Gasteiger partial charge in [0.1, 0.15) is 11.1 Å². The van der Waals surface area contributed by atoms with Crippen molar-refractivity contribution in [2.75, 3.05) is 0 Å². The summed E-state index contributed by atoms with van der Waals surface area (Å²) in [4.78, 5) is 28.4. The number of halogens is 4. The number of aromatic amines is 1. The summed E-state index contributed by atoms with van der Waals surface area (Å²) in [7, 11) is -7.65. The van der Waals surface area contributed by atoms with E-state index in [2.05, 4.69) is 30.6 Å². The molecular formula is C26H22BrF3N4O7S2. The monoisotopic (exact) mass is 702 g/mol. The number of carbonyl (C=O) groups is 2. The Balaban J connectivity index is 0.000000541. The van der Waals surface area contributed by atoms with Gasteiger partial charge in [0, 0.05) is 4.47 Å². The van der Waals surface area contributed by atoms with Crippen molar-refractivity contribution in [3.63, 3.8) is 0 Å². The van der Waals surface area contributed by atoms with Crippen molar-refractivity contribution in [3.8, 4) is 0 Å². The number of carboxylic acids is 1. The van der Waals surface area contributed by atoms with E-state index < -0.39 is 49.4 Å². The third-order valence-corrected chi connectivity index (χ3v) is 9.84. The van der Waals surface area contributed by atoms with Gasteiger partial charge in [0.05, 0.1) is 28.4 Å². The first-order valence-electron chi connectivity index (χ1n) is 12.2. The van der Waals surface area contributed by atoms with Crippen molar-refractivity contribution in [2.24, 2.45) is 0 Å². The summed E-state index contributed by atoms with van der Waals surface area (Å²) in [5.74, 6) is -2.84. The van der Waals surface area contributed by atoms with E-state index in [1.54, 1.807) is 36.4 Å². The Bertz CT molecular complexity index is 1850. The van der Waals surface area contributed by atoms with Gasteiger partial charge in [0.15, 0.2) is 0 Å². The smallest absolute Gasteiger partial charge is 0.475 e. The number of nitrogens with one attached hydrogen (secondary N) is 3. The second-order valence-corrected chi connectivity index (χ2v) is 13.8. The fourth-order valence-corrected chi connectivity index (χ4v) is 7.40. The summed E-state index contributed by atoms with van der Waals surface area (Å²) in [5, 5.41) is 6.18. The number of hydrogen-bond donors (Lipinski definition) is 4. The van der Waals surface area contributed by atoms with Gasteiger partial charge in [-0.15, -0.1) is 0 Å². The lowest BCUT2D eigenvalue weighted by molar-refractivity contribution is -0.192. The molecule has 1 amide bonds. The average molecular weight is 704 g/mol. The van der Waals surface area contributed by atoms with Crippen LogP contribution < -0.4 is 9.44 Å². The Morgan fingerprint density at radius 1 is 1.09 bits per heavy atom. The summed E-state index contributed by atoms with van der Waals surface area (Å²) in [5.41, 5.74) is 2.74. The summed E-state index contributed by atoms with van der Waals surface area (Å²) < 4.78 is 88.0. The molecule has 0 radical (unpaired) electrons. The molecule has 4 N–H and O–H groups in total. The zero-order chi connectivity index (χ0) is 31.6. The zero-order valence-corrected chi connectivity index (χ0v) is 24.9. The van der Waals surface area contributed by atoms with E-state index in [1.165, 1.54) is 12.1 Å². The van der Waals surface area contributed by atoms with Crippen LogP contribution in [-0.2, 0) is 36.1 Å². The van der Waals surface area contributed by atoms with E-state index in [-0.39, 0.29) is 17.7 Å². The van der Waals surface area contributed by atoms with Gasteiger partial charge in [-0.1, -0.05) is 58.4 Å². The quantitative estimate of drug-likeness (QED) is 0.223. The van der Waals surface area contributed by atoms with E-state index >= 15 is 0 Å². The van der Waals surface area contributed by atoms with Crippen LogP contribution in [0.5, 0.6) is 0 Å². The minimum absolute atomic E-state index is 0.108. The molecule has 2 heterocycles. The first-order valence-corrected chi connectivity index (χ1v) is 16.0. The van der Waals surface area contributed by atoms with Crippen LogP contribution in [0.4, 0.5) is 13.2 Å². The predicted octanol–water partition coefficient (Wildman–Crippen LogP) is 4.11. The van der Waals surface area contributed by atoms with Crippen molar-refractivity contribution in [2.45, 2.75) is 35.2 Å². The third-order valence-electron chi connectivity index (χ3n) is 6.18. The van der Waals surface area contributed by atoms with E-state index in [0.717, 1.165) is 11.1 Å². The number of carbonyl (C=O) groups excluding carboxylic acids is 1. The fourth-order valence-electron chi connectivity index (χ4n) is 4.17. The van der Waals surface area contributed by atoms with Crippen LogP contribution in [-0.4, -0.2) is 50.0 Å². The molecule has 0 spiro atoms. The maximum atomic E-state index is 13.2. The largest absolute Gasteiger partial charge is 0.490 e. The number of hydrogen-bond acceptors (Lipinski definition) is 7. The SMILES string of the molecule is O=C(O)C(F)(F)F.O=C1CC(c2ccc(C[C@H](NS(=O)(=O)c3cccc(Br)c3)c3nc4ccccc4[nH]3)cc2)S(=O)(=O)N1. The number of aliphatic carboxylic acids is 1. The molecule has 3 aromatic carbocycles. The molecule has 1 unspecified atom stereocenters. The molecular weight excluding hydrogens is 681 g/mol. The molecule has 17 heteroatoms. The normalized spacial score (nSPS) is 17.1. The molecule has 1 aromatic heterocycles. The predicted molar refractivity (Wildman–Crippen MR) is 152 cm³/mol. The molecule has 0 aliphatic carbocycles. The van der Waals surface area contributed by atoms with Crippen molar-refractivity contribution < 1.29 is 44.7 Å². The number of benzene rings is 3. The fraction of sp³-hybridized carbons (Fsp3) is 0.192. The molecule has 1 aliphatic rings. The Labute approximate surface area is 251 Å². The maximum Gasteiger partial charge on any atom is 0.490 e. The minimum atomic E-state index is -5.08. The molecule has 5 rings (SSSR count). The topological polar surface area (TPSA) is 175 Å². The number of fused-ring (bicyclic) bond motifs is 1. The van der Waals surface area contributed by atoms with Crippen LogP contribution in [0.3, 0.4) is 0 Å². The molecule has 4 aromatic rings. The number of alkyl halides is 3. The highest BCUT2D eigenvalue weighted by atomic mass is 79.9. The van der Waals surface area contributed by atoms with E-state index in [0.29, 0.717) is 21.4 Å².